The highest BCUT2D eigenvalue weighted by Gasteiger charge is 2.28. The largest absolute Gasteiger partial charge is 0.493 e. The van der Waals surface area contributed by atoms with Crippen LogP contribution in [0.25, 0.3) is 0 Å². The summed E-state index contributed by atoms with van der Waals surface area (Å²) in [5, 5.41) is 13.6. The van der Waals surface area contributed by atoms with Gasteiger partial charge in [-0.25, -0.2) is 0 Å². The van der Waals surface area contributed by atoms with E-state index in [0.29, 0.717) is 17.2 Å². The van der Waals surface area contributed by atoms with Crippen LogP contribution in [0.5, 0.6) is 11.5 Å². The minimum atomic E-state index is -0.445. The highest BCUT2D eigenvalue weighted by atomic mass is 16.6. The molecule has 1 aliphatic heterocycles. The number of nitro benzene ring substituents is 1. The standard InChI is InChI=1S/C17H16N2O5/c1-23-15-7-13-12(10-3-5-11(6-4-10)19(21)22)8-17(20)18-14(13)9-16(15)24-2/h3-7,9,12H,8H2,1-2H3,(H,18,20). The fraction of sp³-hybridized carbons (Fsp3) is 0.235. The van der Waals surface area contributed by atoms with Crippen molar-refractivity contribution in [2.75, 3.05) is 19.5 Å². The fourth-order valence-corrected chi connectivity index (χ4v) is 2.91. The van der Waals surface area contributed by atoms with Crippen LogP contribution in [0, 0.1) is 10.1 Å². The Bertz CT molecular complexity index is 801. The molecule has 3 rings (SSSR count). The van der Waals surface area contributed by atoms with Gasteiger partial charge >= 0.3 is 0 Å². The molecule has 24 heavy (non-hydrogen) atoms. The lowest BCUT2D eigenvalue weighted by molar-refractivity contribution is -0.384. The molecule has 0 aliphatic carbocycles. The number of carbonyl (C=O) groups excluding carboxylic acids is 1. The van der Waals surface area contributed by atoms with E-state index in [1.807, 2.05) is 6.07 Å². The SMILES string of the molecule is COc1cc2c(cc1OC)C(c1ccc([N+](=O)[O-])cc1)CC(=O)N2. The smallest absolute Gasteiger partial charge is 0.269 e. The Morgan fingerprint density at radius 2 is 1.75 bits per heavy atom. The van der Waals surface area contributed by atoms with Crippen molar-refractivity contribution in [2.45, 2.75) is 12.3 Å². The zero-order chi connectivity index (χ0) is 17.3. The van der Waals surface area contributed by atoms with Crippen LogP contribution in [0.1, 0.15) is 23.5 Å². The Kier molecular flexibility index (Phi) is 4.07. The summed E-state index contributed by atoms with van der Waals surface area (Å²) in [5.41, 5.74) is 2.41. The van der Waals surface area contributed by atoms with Gasteiger partial charge in [0, 0.05) is 36.2 Å². The predicted molar refractivity (Wildman–Crippen MR) is 87.7 cm³/mol. The lowest BCUT2D eigenvalue weighted by atomic mass is 9.84. The molecule has 0 saturated carbocycles. The second-order valence-electron chi connectivity index (χ2n) is 5.45. The number of nitrogens with zero attached hydrogens (tertiary/aromatic N) is 1. The number of benzene rings is 2. The highest BCUT2D eigenvalue weighted by Crippen LogP contribution is 2.43. The third-order valence-corrected chi connectivity index (χ3v) is 4.10. The van der Waals surface area contributed by atoms with Crippen LogP contribution in [0.4, 0.5) is 11.4 Å². The number of anilines is 1. The molecule has 0 spiro atoms. The topological polar surface area (TPSA) is 90.7 Å². The summed E-state index contributed by atoms with van der Waals surface area (Å²) in [5.74, 6) is 0.785. The molecule has 2 aromatic carbocycles. The Balaban J connectivity index is 2.07. The molecular formula is C17H16N2O5. The second-order valence-corrected chi connectivity index (χ2v) is 5.45. The van der Waals surface area contributed by atoms with Crippen LogP contribution in [0.3, 0.4) is 0 Å². The van der Waals surface area contributed by atoms with Crippen molar-refractivity contribution in [2.24, 2.45) is 0 Å². The van der Waals surface area contributed by atoms with Crippen LogP contribution in [0.15, 0.2) is 36.4 Å². The molecule has 7 nitrogen and oxygen atoms in total. The molecule has 1 heterocycles. The zero-order valence-corrected chi connectivity index (χ0v) is 13.2. The molecule has 0 fully saturated rings. The van der Waals surface area contributed by atoms with E-state index in [0.717, 1.165) is 11.1 Å². The maximum absolute atomic E-state index is 12.0. The van der Waals surface area contributed by atoms with E-state index >= 15 is 0 Å². The van der Waals surface area contributed by atoms with Crippen molar-refractivity contribution >= 4 is 17.3 Å². The molecule has 0 bridgehead atoms. The third kappa shape index (κ3) is 2.76. The van der Waals surface area contributed by atoms with Gasteiger partial charge in [-0.3, -0.25) is 14.9 Å². The first-order valence-corrected chi connectivity index (χ1v) is 7.33. The quantitative estimate of drug-likeness (QED) is 0.688. The third-order valence-electron chi connectivity index (χ3n) is 4.10. The van der Waals surface area contributed by atoms with Crippen LogP contribution < -0.4 is 14.8 Å². The number of rotatable bonds is 4. The van der Waals surface area contributed by atoms with Gasteiger partial charge in [0.15, 0.2) is 11.5 Å². The molecule has 0 aromatic heterocycles. The van der Waals surface area contributed by atoms with Gasteiger partial charge in [0.25, 0.3) is 5.69 Å². The predicted octanol–water partition coefficient (Wildman–Crippen LogP) is 3.09. The van der Waals surface area contributed by atoms with Crippen molar-refractivity contribution in [3.8, 4) is 11.5 Å². The summed E-state index contributed by atoms with van der Waals surface area (Å²) >= 11 is 0. The number of hydrogen-bond acceptors (Lipinski definition) is 5. The van der Waals surface area contributed by atoms with Crippen molar-refractivity contribution in [1.29, 1.82) is 0 Å². The monoisotopic (exact) mass is 328 g/mol. The van der Waals surface area contributed by atoms with E-state index in [1.165, 1.54) is 19.2 Å². The molecule has 124 valence electrons. The normalized spacial score (nSPS) is 16.1. The highest BCUT2D eigenvalue weighted by molar-refractivity contribution is 5.96. The van der Waals surface area contributed by atoms with Gasteiger partial charge in [-0.05, 0) is 17.2 Å². The van der Waals surface area contributed by atoms with Crippen LogP contribution >= 0.6 is 0 Å². The summed E-state index contributed by atoms with van der Waals surface area (Å²) in [7, 11) is 3.08. The van der Waals surface area contributed by atoms with Gasteiger partial charge in [-0.1, -0.05) is 12.1 Å². The lowest BCUT2D eigenvalue weighted by Crippen LogP contribution is -2.23. The zero-order valence-electron chi connectivity index (χ0n) is 13.2. The Hall–Kier alpha value is -3.09. The fourth-order valence-electron chi connectivity index (χ4n) is 2.91. The Morgan fingerprint density at radius 1 is 1.12 bits per heavy atom. The van der Waals surface area contributed by atoms with Gasteiger partial charge in [-0.2, -0.15) is 0 Å². The van der Waals surface area contributed by atoms with E-state index < -0.39 is 4.92 Å². The van der Waals surface area contributed by atoms with Gasteiger partial charge in [0.05, 0.1) is 19.1 Å². The van der Waals surface area contributed by atoms with Crippen molar-refractivity contribution in [3.63, 3.8) is 0 Å². The molecule has 0 radical (unpaired) electrons. The summed E-state index contributed by atoms with van der Waals surface area (Å²) in [6, 6.07) is 9.82. The average molecular weight is 328 g/mol. The second kappa shape index (κ2) is 6.19. The number of fused-ring (bicyclic) bond motifs is 1. The number of ether oxygens (including phenoxy) is 2. The van der Waals surface area contributed by atoms with E-state index in [2.05, 4.69) is 5.32 Å². The molecular weight excluding hydrogens is 312 g/mol. The van der Waals surface area contributed by atoms with Crippen molar-refractivity contribution < 1.29 is 19.2 Å². The van der Waals surface area contributed by atoms with Crippen molar-refractivity contribution in [1.82, 2.24) is 0 Å². The van der Waals surface area contributed by atoms with Crippen LogP contribution in [0.2, 0.25) is 0 Å². The molecule has 7 heteroatoms. The van der Waals surface area contributed by atoms with Gasteiger partial charge in [-0.15, -0.1) is 0 Å². The lowest BCUT2D eigenvalue weighted by Gasteiger charge is -2.27. The van der Waals surface area contributed by atoms with E-state index in [-0.39, 0.29) is 23.9 Å². The van der Waals surface area contributed by atoms with E-state index in [4.69, 9.17) is 9.47 Å². The van der Waals surface area contributed by atoms with Crippen LogP contribution in [-0.4, -0.2) is 25.1 Å². The first-order valence-electron chi connectivity index (χ1n) is 7.33. The van der Waals surface area contributed by atoms with Crippen LogP contribution in [-0.2, 0) is 4.79 Å². The molecule has 1 amide bonds. The Labute approximate surface area is 138 Å². The molecule has 2 aromatic rings. The number of amides is 1. The van der Waals surface area contributed by atoms with E-state index in [1.54, 1.807) is 25.3 Å². The molecule has 0 saturated heterocycles. The number of nitro groups is 1. The number of hydrogen-bond donors (Lipinski definition) is 1. The minimum Gasteiger partial charge on any atom is -0.493 e. The maximum Gasteiger partial charge on any atom is 0.269 e. The molecule has 1 aliphatic rings. The van der Waals surface area contributed by atoms with Gasteiger partial charge < -0.3 is 14.8 Å². The summed E-state index contributed by atoms with van der Waals surface area (Å²) < 4.78 is 10.6. The van der Waals surface area contributed by atoms with E-state index in [9.17, 15) is 14.9 Å². The number of non-ortho nitro benzene ring substituents is 1. The van der Waals surface area contributed by atoms with Crippen molar-refractivity contribution in [3.05, 3.63) is 57.6 Å². The number of nitrogens with one attached hydrogen (secondary N) is 1. The molecule has 1 N–H and O–H groups in total. The molecule has 1 atom stereocenters. The minimum absolute atomic E-state index is 0.0199. The average Bonchev–Trinajstić information content (AvgIpc) is 2.59. The summed E-state index contributed by atoms with van der Waals surface area (Å²) in [6.07, 6.45) is 0.264. The number of carbonyl (C=O) groups is 1. The first-order chi connectivity index (χ1) is 11.5. The first kappa shape index (κ1) is 15.8. The summed E-state index contributed by atoms with van der Waals surface area (Å²) in [4.78, 5) is 22.4. The van der Waals surface area contributed by atoms with Gasteiger partial charge in [0.2, 0.25) is 5.91 Å². The summed E-state index contributed by atoms with van der Waals surface area (Å²) in [6.45, 7) is 0. The maximum atomic E-state index is 12.0. The van der Waals surface area contributed by atoms with Gasteiger partial charge in [0.1, 0.15) is 0 Å². The molecule has 1 unspecified atom stereocenters. The number of methoxy groups -OCH3 is 2. The Morgan fingerprint density at radius 3 is 2.33 bits per heavy atom.